The monoisotopic (exact) mass is 277 g/mol. The van der Waals surface area contributed by atoms with Gasteiger partial charge in [-0.05, 0) is 38.7 Å². The number of morpholine rings is 1. The molecular formula is C16H27N3O. The molecule has 1 aliphatic rings. The van der Waals surface area contributed by atoms with Crippen LogP contribution in [0, 0.1) is 0 Å². The highest BCUT2D eigenvalue weighted by molar-refractivity contribution is 5.47. The third-order valence-electron chi connectivity index (χ3n) is 3.61. The molecule has 1 aliphatic heterocycles. The maximum atomic E-state index is 5.39. The van der Waals surface area contributed by atoms with Crippen molar-refractivity contribution in [2.75, 3.05) is 51.8 Å². The number of nitrogens with zero attached hydrogens (tertiary/aromatic N) is 2. The summed E-state index contributed by atoms with van der Waals surface area (Å²) >= 11 is 0. The average molecular weight is 277 g/mol. The molecule has 0 spiro atoms. The molecule has 112 valence electrons. The Balaban J connectivity index is 1.82. The number of rotatable bonds is 6. The minimum absolute atomic E-state index is 0.504. The van der Waals surface area contributed by atoms with Gasteiger partial charge in [-0.3, -0.25) is 0 Å². The first-order valence-electron chi connectivity index (χ1n) is 7.45. The summed E-state index contributed by atoms with van der Waals surface area (Å²) in [6.07, 6.45) is 0. The van der Waals surface area contributed by atoms with Gasteiger partial charge in [-0.1, -0.05) is 12.1 Å². The average Bonchev–Trinajstić information content (AvgIpc) is 2.46. The summed E-state index contributed by atoms with van der Waals surface area (Å²) < 4.78 is 5.39. The minimum Gasteiger partial charge on any atom is -0.378 e. The number of anilines is 1. The highest BCUT2D eigenvalue weighted by Gasteiger charge is 2.10. The third-order valence-corrected chi connectivity index (χ3v) is 3.61. The first kappa shape index (κ1) is 15.3. The van der Waals surface area contributed by atoms with Crippen molar-refractivity contribution in [3.63, 3.8) is 0 Å². The fourth-order valence-corrected chi connectivity index (χ4v) is 2.55. The molecule has 0 saturated carbocycles. The van der Waals surface area contributed by atoms with Gasteiger partial charge in [-0.15, -0.1) is 0 Å². The molecule has 4 heteroatoms. The van der Waals surface area contributed by atoms with Gasteiger partial charge in [0.1, 0.15) is 0 Å². The Labute approximate surface area is 122 Å². The van der Waals surface area contributed by atoms with Crippen molar-refractivity contribution in [2.24, 2.45) is 0 Å². The van der Waals surface area contributed by atoms with E-state index in [1.165, 1.54) is 11.3 Å². The van der Waals surface area contributed by atoms with Crippen LogP contribution >= 0.6 is 0 Å². The van der Waals surface area contributed by atoms with Crippen LogP contribution in [0.2, 0.25) is 0 Å². The van der Waals surface area contributed by atoms with Gasteiger partial charge in [0, 0.05) is 37.9 Å². The van der Waals surface area contributed by atoms with Crippen molar-refractivity contribution in [1.82, 2.24) is 10.2 Å². The van der Waals surface area contributed by atoms with Gasteiger partial charge in [-0.2, -0.15) is 0 Å². The van der Waals surface area contributed by atoms with Crippen molar-refractivity contribution in [3.8, 4) is 0 Å². The fraction of sp³-hybridized carbons (Fsp3) is 0.625. The van der Waals surface area contributed by atoms with Gasteiger partial charge in [0.2, 0.25) is 0 Å². The highest BCUT2D eigenvalue weighted by atomic mass is 16.5. The van der Waals surface area contributed by atoms with E-state index in [1.807, 2.05) is 0 Å². The molecule has 1 atom stereocenters. The van der Waals surface area contributed by atoms with Gasteiger partial charge in [0.15, 0.2) is 0 Å². The molecular weight excluding hydrogens is 250 g/mol. The lowest BCUT2D eigenvalue weighted by molar-refractivity contribution is 0.122. The Morgan fingerprint density at radius 3 is 2.45 bits per heavy atom. The lowest BCUT2D eigenvalue weighted by Gasteiger charge is -2.29. The molecule has 20 heavy (non-hydrogen) atoms. The second-order valence-electron chi connectivity index (χ2n) is 5.81. The van der Waals surface area contributed by atoms with Gasteiger partial charge in [0.25, 0.3) is 0 Å². The quantitative estimate of drug-likeness (QED) is 0.854. The van der Waals surface area contributed by atoms with Crippen LogP contribution in [0.25, 0.3) is 0 Å². The van der Waals surface area contributed by atoms with Crippen LogP contribution in [-0.4, -0.2) is 57.9 Å². The molecule has 0 aromatic heterocycles. The predicted molar refractivity (Wildman–Crippen MR) is 84.3 cm³/mol. The number of ether oxygens (including phenoxy) is 1. The second kappa shape index (κ2) is 7.62. The maximum Gasteiger partial charge on any atom is 0.0642 e. The van der Waals surface area contributed by atoms with Gasteiger partial charge in [-0.25, -0.2) is 0 Å². The highest BCUT2D eigenvalue weighted by Crippen LogP contribution is 2.16. The lowest BCUT2D eigenvalue weighted by Crippen LogP contribution is -2.36. The number of hydrogen-bond donors (Lipinski definition) is 1. The summed E-state index contributed by atoms with van der Waals surface area (Å²) in [4.78, 5) is 4.59. The molecule has 1 N–H and O–H groups in total. The molecule has 1 heterocycles. The molecule has 0 aliphatic carbocycles. The fourth-order valence-electron chi connectivity index (χ4n) is 2.55. The van der Waals surface area contributed by atoms with Crippen molar-refractivity contribution in [2.45, 2.75) is 19.5 Å². The number of hydrogen-bond acceptors (Lipinski definition) is 4. The van der Waals surface area contributed by atoms with Crippen LogP contribution in [0.3, 0.4) is 0 Å². The van der Waals surface area contributed by atoms with Crippen molar-refractivity contribution in [1.29, 1.82) is 0 Å². The van der Waals surface area contributed by atoms with Crippen LogP contribution in [0.15, 0.2) is 24.3 Å². The molecule has 0 amide bonds. The smallest absolute Gasteiger partial charge is 0.0642 e. The Hall–Kier alpha value is -1.10. The SMILES string of the molecule is CC(CN(C)C)NCc1ccc(N2CCOCC2)cc1. The van der Waals surface area contributed by atoms with Crippen molar-refractivity contribution >= 4 is 5.69 Å². The van der Waals surface area contributed by atoms with E-state index in [2.05, 4.69) is 60.4 Å². The van der Waals surface area contributed by atoms with Crippen LogP contribution in [0.4, 0.5) is 5.69 Å². The molecule has 2 rings (SSSR count). The zero-order valence-corrected chi connectivity index (χ0v) is 12.9. The van der Waals surface area contributed by atoms with E-state index in [0.29, 0.717) is 6.04 Å². The zero-order valence-electron chi connectivity index (χ0n) is 12.9. The van der Waals surface area contributed by atoms with E-state index in [0.717, 1.165) is 39.4 Å². The second-order valence-corrected chi connectivity index (χ2v) is 5.81. The molecule has 1 aromatic rings. The number of likely N-dealkylation sites (N-methyl/N-ethyl adjacent to an activating group) is 1. The molecule has 1 saturated heterocycles. The summed E-state index contributed by atoms with van der Waals surface area (Å²) in [6, 6.07) is 9.39. The third kappa shape index (κ3) is 4.78. The van der Waals surface area contributed by atoms with Gasteiger partial charge >= 0.3 is 0 Å². The van der Waals surface area contributed by atoms with Crippen LogP contribution < -0.4 is 10.2 Å². The van der Waals surface area contributed by atoms with Crippen LogP contribution in [0.1, 0.15) is 12.5 Å². The van der Waals surface area contributed by atoms with E-state index < -0.39 is 0 Å². The van der Waals surface area contributed by atoms with E-state index >= 15 is 0 Å². The summed E-state index contributed by atoms with van der Waals surface area (Å²) in [7, 11) is 4.21. The summed E-state index contributed by atoms with van der Waals surface area (Å²) in [5.41, 5.74) is 2.64. The van der Waals surface area contributed by atoms with Crippen molar-refractivity contribution in [3.05, 3.63) is 29.8 Å². The molecule has 1 aromatic carbocycles. The maximum absolute atomic E-state index is 5.39. The number of benzene rings is 1. The molecule has 1 fully saturated rings. The van der Waals surface area contributed by atoms with Gasteiger partial charge < -0.3 is 19.9 Å². The standard InChI is InChI=1S/C16H27N3O/c1-14(13-18(2)3)17-12-15-4-6-16(7-5-15)19-8-10-20-11-9-19/h4-7,14,17H,8-13H2,1-3H3. The number of nitrogens with one attached hydrogen (secondary N) is 1. The largest absolute Gasteiger partial charge is 0.378 e. The first-order chi connectivity index (χ1) is 9.65. The van der Waals surface area contributed by atoms with E-state index in [1.54, 1.807) is 0 Å². The Kier molecular flexibility index (Phi) is 5.83. The molecule has 0 radical (unpaired) electrons. The Bertz CT molecular complexity index is 385. The van der Waals surface area contributed by atoms with Crippen LogP contribution in [-0.2, 0) is 11.3 Å². The first-order valence-corrected chi connectivity index (χ1v) is 7.45. The van der Waals surface area contributed by atoms with E-state index in [9.17, 15) is 0 Å². The molecule has 0 bridgehead atoms. The molecule has 4 nitrogen and oxygen atoms in total. The van der Waals surface area contributed by atoms with Gasteiger partial charge in [0.05, 0.1) is 13.2 Å². The summed E-state index contributed by atoms with van der Waals surface area (Å²) in [5.74, 6) is 0. The Morgan fingerprint density at radius 1 is 1.20 bits per heavy atom. The molecule has 1 unspecified atom stereocenters. The van der Waals surface area contributed by atoms with E-state index in [4.69, 9.17) is 4.74 Å². The summed E-state index contributed by atoms with van der Waals surface area (Å²) in [5, 5.41) is 3.55. The normalized spacial score (nSPS) is 17.5. The lowest BCUT2D eigenvalue weighted by atomic mass is 10.1. The summed E-state index contributed by atoms with van der Waals surface area (Å²) in [6.45, 7) is 7.89. The van der Waals surface area contributed by atoms with Crippen molar-refractivity contribution < 1.29 is 4.74 Å². The predicted octanol–water partition coefficient (Wildman–Crippen LogP) is 1.56. The van der Waals surface area contributed by atoms with E-state index in [-0.39, 0.29) is 0 Å². The Morgan fingerprint density at radius 2 is 1.85 bits per heavy atom. The zero-order chi connectivity index (χ0) is 14.4. The minimum atomic E-state index is 0.504. The topological polar surface area (TPSA) is 27.7 Å². The van der Waals surface area contributed by atoms with Crippen LogP contribution in [0.5, 0.6) is 0 Å².